The summed E-state index contributed by atoms with van der Waals surface area (Å²) in [5, 5.41) is 3.58. The fourth-order valence-corrected chi connectivity index (χ4v) is 1.95. The third-order valence-corrected chi connectivity index (χ3v) is 2.87. The van der Waals surface area contributed by atoms with Crippen molar-refractivity contribution < 1.29 is 9.53 Å². The predicted octanol–water partition coefficient (Wildman–Crippen LogP) is 3.72. The van der Waals surface area contributed by atoms with Crippen molar-refractivity contribution in [1.82, 2.24) is 0 Å². The maximum absolute atomic E-state index is 11.5. The highest BCUT2D eigenvalue weighted by Gasteiger charge is 2.06. The molecule has 0 bridgehead atoms. The first-order chi connectivity index (χ1) is 8.21. The molecule has 1 N–H and O–H groups in total. The summed E-state index contributed by atoms with van der Waals surface area (Å²) in [5.74, 6) is 0.912. The maximum atomic E-state index is 11.5. The van der Waals surface area contributed by atoms with Crippen molar-refractivity contribution in [3.8, 4) is 5.75 Å². The van der Waals surface area contributed by atoms with Gasteiger partial charge < -0.3 is 10.1 Å². The average molecular weight is 300 g/mol. The summed E-state index contributed by atoms with van der Waals surface area (Å²) >= 11 is 3.42. The van der Waals surface area contributed by atoms with Crippen molar-refractivity contribution in [3.63, 3.8) is 0 Å². The Hall–Kier alpha value is -1.03. The van der Waals surface area contributed by atoms with Crippen molar-refractivity contribution in [3.05, 3.63) is 23.8 Å². The van der Waals surface area contributed by atoms with Gasteiger partial charge in [0.25, 0.3) is 0 Å². The number of ether oxygens (including phenoxy) is 1. The Labute approximate surface area is 111 Å². The van der Waals surface area contributed by atoms with E-state index in [9.17, 15) is 4.79 Å². The van der Waals surface area contributed by atoms with Crippen LogP contribution in [0.2, 0.25) is 0 Å². The van der Waals surface area contributed by atoms with Crippen LogP contribution in [0.4, 0.5) is 5.69 Å². The Bertz CT molecular complexity index is 380. The molecule has 1 amide bonds. The average Bonchev–Trinajstić information content (AvgIpc) is 2.31. The maximum Gasteiger partial charge on any atom is 0.224 e. The number of hydrogen-bond acceptors (Lipinski definition) is 2. The number of halogens is 1. The molecule has 1 rings (SSSR count). The zero-order valence-corrected chi connectivity index (χ0v) is 11.8. The van der Waals surface area contributed by atoms with Crippen LogP contribution >= 0.6 is 15.9 Å². The molecule has 1 aromatic carbocycles. The van der Waals surface area contributed by atoms with E-state index in [4.69, 9.17) is 4.74 Å². The van der Waals surface area contributed by atoms with Crippen LogP contribution in [0.3, 0.4) is 0 Å². The van der Waals surface area contributed by atoms with Crippen molar-refractivity contribution in [2.24, 2.45) is 0 Å². The van der Waals surface area contributed by atoms with Crippen LogP contribution in [0.5, 0.6) is 5.75 Å². The smallest absolute Gasteiger partial charge is 0.224 e. The Morgan fingerprint density at radius 2 is 2.18 bits per heavy atom. The van der Waals surface area contributed by atoms with Crippen LogP contribution in [-0.4, -0.2) is 12.5 Å². The number of alkyl halides is 1. The molecule has 1 aromatic rings. The van der Waals surface area contributed by atoms with Crippen LogP contribution in [0.25, 0.3) is 0 Å². The molecule has 17 heavy (non-hydrogen) atoms. The Balaban J connectivity index is 2.78. The Morgan fingerprint density at radius 3 is 2.76 bits per heavy atom. The lowest BCUT2D eigenvalue weighted by atomic mass is 10.2. The lowest BCUT2D eigenvalue weighted by molar-refractivity contribution is -0.116. The zero-order chi connectivity index (χ0) is 12.7. The molecule has 0 unspecified atom stereocenters. The Morgan fingerprint density at radius 1 is 1.41 bits per heavy atom. The molecule has 0 spiro atoms. The summed E-state index contributed by atoms with van der Waals surface area (Å²) in [6.45, 7) is 4.58. The zero-order valence-electron chi connectivity index (χ0n) is 10.3. The standard InChI is InChI=1S/C13H18BrNO2/c1-3-5-13(16)15-11-6-7-12(17-4-2)10(8-11)9-14/h6-8H,3-5,9H2,1-2H3,(H,15,16). The summed E-state index contributed by atoms with van der Waals surface area (Å²) < 4.78 is 5.49. The lowest BCUT2D eigenvalue weighted by Gasteiger charge is -2.11. The number of hydrogen-bond donors (Lipinski definition) is 1. The summed E-state index contributed by atoms with van der Waals surface area (Å²) in [4.78, 5) is 11.5. The fraction of sp³-hybridized carbons (Fsp3) is 0.462. The fourth-order valence-electron chi connectivity index (χ4n) is 1.51. The van der Waals surface area contributed by atoms with Gasteiger partial charge in [0.05, 0.1) is 6.61 Å². The van der Waals surface area contributed by atoms with Crippen LogP contribution in [-0.2, 0) is 10.1 Å². The molecule has 0 radical (unpaired) electrons. The third kappa shape index (κ3) is 4.38. The molecule has 0 heterocycles. The van der Waals surface area contributed by atoms with Crippen LogP contribution in [0, 0.1) is 0 Å². The molecule has 0 fully saturated rings. The van der Waals surface area contributed by atoms with E-state index < -0.39 is 0 Å². The van der Waals surface area contributed by atoms with E-state index in [1.807, 2.05) is 32.0 Å². The van der Waals surface area contributed by atoms with Gasteiger partial charge in [-0.15, -0.1) is 0 Å². The van der Waals surface area contributed by atoms with Crippen LogP contribution in [0.1, 0.15) is 32.3 Å². The number of nitrogens with one attached hydrogen (secondary N) is 1. The van der Waals surface area contributed by atoms with Crippen molar-refractivity contribution >= 4 is 27.5 Å². The number of rotatable bonds is 6. The minimum atomic E-state index is 0.0529. The molecule has 0 aliphatic rings. The van der Waals surface area contributed by atoms with Crippen molar-refractivity contribution in [2.45, 2.75) is 32.0 Å². The van der Waals surface area contributed by atoms with Gasteiger partial charge in [-0.3, -0.25) is 4.79 Å². The van der Waals surface area contributed by atoms with E-state index in [2.05, 4.69) is 21.2 Å². The van der Waals surface area contributed by atoms with Gasteiger partial charge in [-0.1, -0.05) is 22.9 Å². The topological polar surface area (TPSA) is 38.3 Å². The highest BCUT2D eigenvalue weighted by atomic mass is 79.9. The molecule has 0 saturated carbocycles. The van der Waals surface area contributed by atoms with Crippen LogP contribution in [0.15, 0.2) is 18.2 Å². The van der Waals surface area contributed by atoms with Gasteiger partial charge in [-0.05, 0) is 31.5 Å². The highest BCUT2D eigenvalue weighted by molar-refractivity contribution is 9.08. The second-order valence-corrected chi connectivity index (χ2v) is 4.25. The first-order valence-corrected chi connectivity index (χ1v) is 6.95. The van der Waals surface area contributed by atoms with Gasteiger partial charge in [0.2, 0.25) is 5.91 Å². The molecule has 0 aliphatic heterocycles. The first kappa shape index (κ1) is 14.0. The molecule has 0 atom stereocenters. The SMILES string of the molecule is CCCC(=O)Nc1ccc(OCC)c(CBr)c1. The van der Waals surface area contributed by atoms with Crippen molar-refractivity contribution in [1.29, 1.82) is 0 Å². The lowest BCUT2D eigenvalue weighted by Crippen LogP contribution is -2.10. The second-order valence-electron chi connectivity index (χ2n) is 3.69. The summed E-state index contributed by atoms with van der Waals surface area (Å²) in [6.07, 6.45) is 1.41. The largest absolute Gasteiger partial charge is 0.494 e. The summed E-state index contributed by atoms with van der Waals surface area (Å²) in [7, 11) is 0. The second kappa shape index (κ2) is 7.33. The number of carbonyl (C=O) groups excluding carboxylic acids is 1. The molecule has 3 nitrogen and oxygen atoms in total. The monoisotopic (exact) mass is 299 g/mol. The Kier molecular flexibility index (Phi) is 6.05. The number of anilines is 1. The van der Waals surface area contributed by atoms with Gasteiger partial charge in [-0.2, -0.15) is 0 Å². The summed E-state index contributed by atoms with van der Waals surface area (Å²) in [5.41, 5.74) is 1.86. The summed E-state index contributed by atoms with van der Waals surface area (Å²) in [6, 6.07) is 5.69. The molecule has 0 aromatic heterocycles. The normalized spacial score (nSPS) is 10.1. The number of amides is 1. The predicted molar refractivity (Wildman–Crippen MR) is 73.8 cm³/mol. The number of benzene rings is 1. The molecule has 0 saturated heterocycles. The van der Waals surface area contributed by atoms with E-state index in [1.165, 1.54) is 0 Å². The molecule has 4 heteroatoms. The van der Waals surface area contributed by atoms with E-state index in [1.54, 1.807) is 0 Å². The first-order valence-electron chi connectivity index (χ1n) is 5.82. The quantitative estimate of drug-likeness (QED) is 0.813. The molecule has 0 aliphatic carbocycles. The minimum Gasteiger partial charge on any atom is -0.494 e. The van der Waals surface area contributed by atoms with Gasteiger partial charge in [0.1, 0.15) is 5.75 Å². The minimum absolute atomic E-state index is 0.0529. The van der Waals surface area contributed by atoms with Gasteiger partial charge in [0, 0.05) is 23.0 Å². The van der Waals surface area contributed by atoms with Gasteiger partial charge in [0.15, 0.2) is 0 Å². The van der Waals surface area contributed by atoms with Crippen molar-refractivity contribution in [2.75, 3.05) is 11.9 Å². The van der Waals surface area contributed by atoms with E-state index in [0.29, 0.717) is 18.4 Å². The van der Waals surface area contributed by atoms with Gasteiger partial charge >= 0.3 is 0 Å². The highest BCUT2D eigenvalue weighted by Crippen LogP contribution is 2.25. The van der Waals surface area contributed by atoms with E-state index in [-0.39, 0.29) is 5.91 Å². The van der Waals surface area contributed by atoms with E-state index >= 15 is 0 Å². The van der Waals surface area contributed by atoms with Gasteiger partial charge in [-0.25, -0.2) is 0 Å². The molecule has 94 valence electrons. The third-order valence-electron chi connectivity index (χ3n) is 2.27. The molecular weight excluding hydrogens is 282 g/mol. The number of carbonyl (C=O) groups is 1. The van der Waals surface area contributed by atoms with Crippen LogP contribution < -0.4 is 10.1 Å². The van der Waals surface area contributed by atoms with E-state index in [0.717, 1.165) is 23.4 Å². The molecular formula is C13H18BrNO2.